The maximum atomic E-state index is 12.5. The number of carbonyl (C=O) groups is 1. The third-order valence-electron chi connectivity index (χ3n) is 3.40. The van der Waals surface area contributed by atoms with Gasteiger partial charge in [-0.1, -0.05) is 30.3 Å². The van der Waals surface area contributed by atoms with E-state index in [4.69, 9.17) is 11.5 Å². The number of aromatic amines is 1. The number of carbonyl (C=O) groups excluding carboxylic acids is 1. The van der Waals surface area contributed by atoms with Gasteiger partial charge in [0.2, 0.25) is 0 Å². The first-order chi connectivity index (χ1) is 9.72. The molecule has 1 aromatic carbocycles. The normalized spacial score (nSPS) is 18.3. The first-order valence-corrected chi connectivity index (χ1v) is 6.33. The SMILES string of the molecule is NCN1c2nc[nH]c2C(=O)N(Cc2ccccc2)C1N. The van der Waals surface area contributed by atoms with E-state index in [1.165, 1.54) is 6.33 Å². The molecule has 104 valence electrons. The van der Waals surface area contributed by atoms with Crippen molar-refractivity contribution in [2.24, 2.45) is 11.5 Å². The Balaban J connectivity index is 1.94. The number of anilines is 1. The van der Waals surface area contributed by atoms with Crippen LogP contribution in [0.4, 0.5) is 5.82 Å². The minimum atomic E-state index is -0.622. The maximum absolute atomic E-state index is 12.5. The first-order valence-electron chi connectivity index (χ1n) is 6.33. The largest absolute Gasteiger partial charge is 0.339 e. The predicted molar refractivity (Wildman–Crippen MR) is 74.4 cm³/mol. The maximum Gasteiger partial charge on any atom is 0.277 e. The van der Waals surface area contributed by atoms with Crippen LogP contribution in [0.25, 0.3) is 0 Å². The molecule has 7 nitrogen and oxygen atoms in total. The van der Waals surface area contributed by atoms with Crippen molar-refractivity contribution < 1.29 is 4.79 Å². The summed E-state index contributed by atoms with van der Waals surface area (Å²) in [5.74, 6) is 0.341. The summed E-state index contributed by atoms with van der Waals surface area (Å²) >= 11 is 0. The van der Waals surface area contributed by atoms with Gasteiger partial charge in [0.15, 0.2) is 12.1 Å². The second kappa shape index (κ2) is 4.95. The molecule has 0 fully saturated rings. The Labute approximate surface area is 116 Å². The van der Waals surface area contributed by atoms with Crippen molar-refractivity contribution in [3.05, 3.63) is 47.9 Å². The summed E-state index contributed by atoms with van der Waals surface area (Å²) in [5.41, 5.74) is 13.3. The Hall–Kier alpha value is -2.38. The first kappa shape index (κ1) is 12.6. The smallest absolute Gasteiger partial charge is 0.277 e. The fourth-order valence-electron chi connectivity index (χ4n) is 2.36. The van der Waals surface area contributed by atoms with Gasteiger partial charge in [0.05, 0.1) is 13.0 Å². The van der Waals surface area contributed by atoms with Crippen molar-refractivity contribution in [1.29, 1.82) is 0 Å². The Bertz CT molecular complexity index is 610. The number of hydrogen-bond donors (Lipinski definition) is 3. The molecule has 2 aromatic rings. The highest BCUT2D eigenvalue weighted by molar-refractivity contribution is 5.99. The molecular formula is C13H16N6O. The summed E-state index contributed by atoms with van der Waals surface area (Å²) in [4.78, 5) is 22.7. The van der Waals surface area contributed by atoms with E-state index in [2.05, 4.69) is 9.97 Å². The van der Waals surface area contributed by atoms with Gasteiger partial charge >= 0.3 is 0 Å². The minimum Gasteiger partial charge on any atom is -0.339 e. The molecule has 1 aliphatic rings. The zero-order valence-corrected chi connectivity index (χ0v) is 10.9. The average molecular weight is 272 g/mol. The summed E-state index contributed by atoms with van der Waals surface area (Å²) in [6.07, 6.45) is 0.854. The summed E-state index contributed by atoms with van der Waals surface area (Å²) in [7, 11) is 0. The van der Waals surface area contributed by atoms with Crippen LogP contribution in [0.5, 0.6) is 0 Å². The molecule has 0 radical (unpaired) electrons. The predicted octanol–water partition coefficient (Wildman–Crippen LogP) is 0.0306. The van der Waals surface area contributed by atoms with Gasteiger partial charge in [-0.15, -0.1) is 0 Å². The zero-order valence-electron chi connectivity index (χ0n) is 10.9. The highest BCUT2D eigenvalue weighted by Gasteiger charge is 2.36. The van der Waals surface area contributed by atoms with Crippen LogP contribution in [-0.4, -0.2) is 33.7 Å². The Morgan fingerprint density at radius 2 is 2.00 bits per heavy atom. The molecule has 1 atom stereocenters. The second-order valence-electron chi connectivity index (χ2n) is 4.59. The number of imidazole rings is 1. The molecule has 2 heterocycles. The van der Waals surface area contributed by atoms with Crippen LogP contribution < -0.4 is 16.4 Å². The van der Waals surface area contributed by atoms with Crippen LogP contribution in [0.3, 0.4) is 0 Å². The highest BCUT2D eigenvalue weighted by Crippen LogP contribution is 2.26. The van der Waals surface area contributed by atoms with Gasteiger partial charge in [-0.25, -0.2) is 4.98 Å². The lowest BCUT2D eigenvalue weighted by Crippen LogP contribution is -2.61. The van der Waals surface area contributed by atoms with E-state index in [0.717, 1.165) is 5.56 Å². The van der Waals surface area contributed by atoms with Crippen molar-refractivity contribution >= 4 is 11.7 Å². The monoisotopic (exact) mass is 272 g/mol. The van der Waals surface area contributed by atoms with Crippen molar-refractivity contribution in [1.82, 2.24) is 14.9 Å². The lowest BCUT2D eigenvalue weighted by atomic mass is 10.2. The van der Waals surface area contributed by atoms with Gasteiger partial charge in [-0.2, -0.15) is 0 Å². The third kappa shape index (κ3) is 1.93. The quantitative estimate of drug-likeness (QED) is 0.731. The molecule has 5 N–H and O–H groups in total. The van der Waals surface area contributed by atoms with Gasteiger partial charge in [0.25, 0.3) is 5.91 Å². The molecule has 7 heteroatoms. The molecule has 1 amide bonds. The number of benzene rings is 1. The molecule has 1 unspecified atom stereocenters. The van der Waals surface area contributed by atoms with Gasteiger partial charge < -0.3 is 15.6 Å². The van der Waals surface area contributed by atoms with Crippen molar-refractivity contribution in [2.75, 3.05) is 11.6 Å². The van der Waals surface area contributed by atoms with E-state index in [9.17, 15) is 4.79 Å². The number of hydrogen-bond acceptors (Lipinski definition) is 5. The number of nitrogens with one attached hydrogen (secondary N) is 1. The number of nitrogens with zero attached hydrogens (tertiary/aromatic N) is 3. The summed E-state index contributed by atoms with van der Waals surface area (Å²) in [5, 5.41) is 0. The van der Waals surface area contributed by atoms with Crippen LogP contribution in [0.15, 0.2) is 36.7 Å². The Kier molecular flexibility index (Phi) is 3.13. The molecule has 3 rings (SSSR count). The molecule has 20 heavy (non-hydrogen) atoms. The molecule has 0 saturated heterocycles. The Morgan fingerprint density at radius 1 is 1.25 bits per heavy atom. The molecule has 1 aromatic heterocycles. The van der Waals surface area contributed by atoms with E-state index in [-0.39, 0.29) is 12.6 Å². The standard InChI is InChI=1S/C13H16N6O/c14-7-19-11-10(16-8-17-11)12(20)18(13(19)15)6-9-4-2-1-3-5-9/h1-5,8,13H,6-7,14-15H2,(H,16,17). The van der Waals surface area contributed by atoms with Gasteiger partial charge in [0, 0.05) is 6.54 Å². The van der Waals surface area contributed by atoms with E-state index in [0.29, 0.717) is 18.1 Å². The lowest BCUT2D eigenvalue weighted by molar-refractivity contribution is 0.0631. The number of nitrogens with two attached hydrogens (primary N) is 2. The molecular weight excluding hydrogens is 256 g/mol. The minimum absolute atomic E-state index is 0.168. The molecule has 0 saturated carbocycles. The van der Waals surface area contributed by atoms with Gasteiger partial charge in [-0.3, -0.25) is 15.4 Å². The van der Waals surface area contributed by atoms with Crippen LogP contribution >= 0.6 is 0 Å². The van der Waals surface area contributed by atoms with Gasteiger partial charge in [0.1, 0.15) is 5.69 Å². The van der Waals surface area contributed by atoms with Crippen molar-refractivity contribution in [2.45, 2.75) is 12.8 Å². The van der Waals surface area contributed by atoms with Crippen molar-refractivity contribution in [3.8, 4) is 0 Å². The summed E-state index contributed by atoms with van der Waals surface area (Å²) in [6, 6.07) is 9.69. The zero-order chi connectivity index (χ0) is 14.1. The van der Waals surface area contributed by atoms with E-state index < -0.39 is 6.29 Å². The highest BCUT2D eigenvalue weighted by atomic mass is 16.2. The molecule has 0 aliphatic carbocycles. The number of H-pyrrole nitrogens is 1. The van der Waals surface area contributed by atoms with Crippen LogP contribution in [0, 0.1) is 0 Å². The summed E-state index contributed by atoms with van der Waals surface area (Å²) in [6.45, 7) is 0.618. The third-order valence-corrected chi connectivity index (χ3v) is 3.40. The molecule has 1 aliphatic heterocycles. The van der Waals surface area contributed by atoms with Gasteiger partial charge in [-0.05, 0) is 5.56 Å². The molecule has 0 bridgehead atoms. The Morgan fingerprint density at radius 3 is 2.70 bits per heavy atom. The number of rotatable bonds is 3. The average Bonchev–Trinajstić information content (AvgIpc) is 2.94. The number of aromatic nitrogens is 2. The second-order valence-corrected chi connectivity index (χ2v) is 4.59. The number of amides is 1. The van der Waals surface area contributed by atoms with Crippen LogP contribution in [0.1, 0.15) is 16.1 Å². The van der Waals surface area contributed by atoms with E-state index in [1.54, 1.807) is 9.80 Å². The van der Waals surface area contributed by atoms with Crippen molar-refractivity contribution in [3.63, 3.8) is 0 Å². The topological polar surface area (TPSA) is 104 Å². The fourth-order valence-corrected chi connectivity index (χ4v) is 2.36. The van der Waals surface area contributed by atoms with Crippen LogP contribution in [0.2, 0.25) is 0 Å². The number of fused-ring (bicyclic) bond motifs is 1. The van der Waals surface area contributed by atoms with Crippen LogP contribution in [-0.2, 0) is 6.54 Å². The fraction of sp³-hybridized carbons (Fsp3) is 0.231. The van der Waals surface area contributed by atoms with E-state index in [1.807, 2.05) is 30.3 Å². The molecule has 0 spiro atoms. The lowest BCUT2D eigenvalue weighted by Gasteiger charge is -2.40. The summed E-state index contributed by atoms with van der Waals surface area (Å²) < 4.78 is 0. The van der Waals surface area contributed by atoms with E-state index >= 15 is 0 Å².